The first-order valence-electron chi connectivity index (χ1n) is 15.8. The highest BCUT2D eigenvalue weighted by atomic mass is 13.9. The molecule has 0 fully saturated rings. The van der Waals surface area contributed by atoms with Crippen molar-refractivity contribution in [2.24, 2.45) is 0 Å². The highest BCUT2D eigenvalue weighted by molar-refractivity contribution is 4.95. The summed E-state index contributed by atoms with van der Waals surface area (Å²) >= 11 is 0. The molecule has 0 heterocycles. The molecule has 0 N–H and O–H groups in total. The Hall–Kier alpha value is -2.34. The Morgan fingerprint density at radius 2 is 0.289 bits per heavy atom. The quantitative estimate of drug-likeness (QED) is 0.0792. The molecule has 0 aliphatic rings. The summed E-state index contributed by atoms with van der Waals surface area (Å²) in [4.78, 5) is 0. The van der Waals surface area contributed by atoms with E-state index < -0.39 is 0 Å². The fraction of sp³-hybridized carbons (Fsp3) is 0.526. The third-order valence-electron chi connectivity index (χ3n) is 5.97. The summed E-state index contributed by atoms with van der Waals surface area (Å²) < 4.78 is 0. The molecule has 0 saturated carbocycles. The Morgan fingerprint density at radius 1 is 0.184 bits per heavy atom. The summed E-state index contributed by atoms with van der Waals surface area (Å²) in [6.45, 7) is 4.37. The summed E-state index contributed by atoms with van der Waals surface area (Å²) in [5, 5.41) is 0. The van der Waals surface area contributed by atoms with Crippen LogP contribution in [0.25, 0.3) is 0 Å². The van der Waals surface area contributed by atoms with Gasteiger partial charge in [-0.2, -0.15) is 0 Å². The smallest absolute Gasteiger partial charge is 0.0316 e. The van der Waals surface area contributed by atoms with Crippen LogP contribution in [0.5, 0.6) is 0 Å². The number of hydrogen-bond donors (Lipinski definition) is 0. The fourth-order valence-corrected chi connectivity index (χ4v) is 3.76. The molecule has 0 aliphatic heterocycles. The summed E-state index contributed by atoms with van der Waals surface area (Å²) in [6.07, 6.45) is 62.6. The van der Waals surface area contributed by atoms with E-state index in [0.717, 1.165) is 77.0 Å². The van der Waals surface area contributed by atoms with E-state index in [1.807, 2.05) is 0 Å². The van der Waals surface area contributed by atoms with Gasteiger partial charge in [0.05, 0.1) is 0 Å². The lowest BCUT2D eigenvalue weighted by molar-refractivity contribution is 0.966. The van der Waals surface area contributed by atoms with E-state index in [4.69, 9.17) is 0 Å². The summed E-state index contributed by atoms with van der Waals surface area (Å²) in [7, 11) is 0. The normalized spacial score (nSPS) is 13.4. The Labute approximate surface area is 238 Å². The standard InChI is InChI=1S/C38H60/c1-3-5-7-9-11-13-15-17-19-21-23-25-27-29-31-33-35-37-38-36-34-32-30-28-26-24-22-20-18-16-14-12-10-8-6-4-2/h5-8,13-16,21-24,29-32,37-38H,3-4,9-12,17-20,25-28,33-36H2,1-2H3/b7-5-,8-6-,15-13-,16-14-,23-21-,24-22-,31-29-,32-30-,38-37-. The predicted octanol–water partition coefficient (Wildman–Crippen LogP) is 13.1. The van der Waals surface area contributed by atoms with Gasteiger partial charge in [-0.15, -0.1) is 0 Å². The third kappa shape index (κ3) is 33.7. The molecule has 0 nitrogen and oxygen atoms in total. The van der Waals surface area contributed by atoms with Crippen molar-refractivity contribution in [1.29, 1.82) is 0 Å². The SMILES string of the molecule is CC/C=C\CC/C=C\CC/C=C\CC/C=C\CC/C=C\CC/C=C\CC/C=C\CC/C=C\CC/C=C\CC. The van der Waals surface area contributed by atoms with Crippen molar-refractivity contribution < 1.29 is 0 Å². The molecular weight excluding hydrogens is 456 g/mol. The molecule has 0 amide bonds. The lowest BCUT2D eigenvalue weighted by Gasteiger charge is -1.91. The fourth-order valence-electron chi connectivity index (χ4n) is 3.76. The molecular formula is C38H60. The van der Waals surface area contributed by atoms with Gasteiger partial charge in [0, 0.05) is 0 Å². The van der Waals surface area contributed by atoms with Crippen molar-refractivity contribution >= 4 is 0 Å². The average Bonchev–Trinajstić information content (AvgIpc) is 2.93. The molecule has 0 unspecified atom stereocenters. The van der Waals surface area contributed by atoms with Crippen molar-refractivity contribution in [2.45, 2.75) is 129 Å². The topological polar surface area (TPSA) is 0 Å². The lowest BCUT2D eigenvalue weighted by atomic mass is 10.2. The van der Waals surface area contributed by atoms with Crippen LogP contribution in [-0.2, 0) is 0 Å². The lowest BCUT2D eigenvalue weighted by Crippen LogP contribution is -1.71. The summed E-state index contributed by atoms with van der Waals surface area (Å²) in [5.74, 6) is 0. The molecule has 212 valence electrons. The maximum absolute atomic E-state index is 2.34. The van der Waals surface area contributed by atoms with Crippen molar-refractivity contribution in [3.05, 3.63) is 109 Å². The van der Waals surface area contributed by atoms with E-state index in [-0.39, 0.29) is 0 Å². The van der Waals surface area contributed by atoms with Gasteiger partial charge < -0.3 is 0 Å². The monoisotopic (exact) mass is 516 g/mol. The second kappa shape index (κ2) is 34.7. The first-order valence-corrected chi connectivity index (χ1v) is 15.8. The molecule has 0 bridgehead atoms. The summed E-state index contributed by atoms with van der Waals surface area (Å²) in [5.41, 5.74) is 0. The van der Waals surface area contributed by atoms with Gasteiger partial charge in [-0.3, -0.25) is 0 Å². The minimum Gasteiger partial charge on any atom is -0.0888 e. The van der Waals surface area contributed by atoms with Gasteiger partial charge in [0.2, 0.25) is 0 Å². The second-order valence-corrected chi connectivity index (χ2v) is 9.68. The number of hydrogen-bond acceptors (Lipinski definition) is 0. The van der Waals surface area contributed by atoms with Crippen LogP contribution in [-0.4, -0.2) is 0 Å². The van der Waals surface area contributed by atoms with Gasteiger partial charge in [-0.25, -0.2) is 0 Å². The van der Waals surface area contributed by atoms with E-state index in [1.54, 1.807) is 0 Å². The molecule has 38 heavy (non-hydrogen) atoms. The van der Waals surface area contributed by atoms with Gasteiger partial charge in [0.15, 0.2) is 0 Å². The van der Waals surface area contributed by atoms with Crippen molar-refractivity contribution in [1.82, 2.24) is 0 Å². The van der Waals surface area contributed by atoms with E-state index in [0.29, 0.717) is 0 Å². The number of rotatable bonds is 26. The molecule has 0 atom stereocenters. The zero-order valence-electron chi connectivity index (χ0n) is 25.1. The third-order valence-corrected chi connectivity index (χ3v) is 5.97. The maximum atomic E-state index is 2.34. The van der Waals surface area contributed by atoms with Crippen LogP contribution in [0.2, 0.25) is 0 Å². The summed E-state index contributed by atoms with van der Waals surface area (Å²) in [6, 6.07) is 0. The second-order valence-electron chi connectivity index (χ2n) is 9.68. The van der Waals surface area contributed by atoms with E-state index >= 15 is 0 Å². The highest BCUT2D eigenvalue weighted by Crippen LogP contribution is 2.04. The molecule has 0 aliphatic carbocycles. The molecule has 0 heteroatoms. The van der Waals surface area contributed by atoms with Gasteiger partial charge in [-0.1, -0.05) is 123 Å². The largest absolute Gasteiger partial charge is 0.0888 e. The van der Waals surface area contributed by atoms with Gasteiger partial charge in [-0.05, 0) is 116 Å². The predicted molar refractivity (Wildman–Crippen MR) is 177 cm³/mol. The Bertz CT molecular complexity index is 655. The average molecular weight is 517 g/mol. The van der Waals surface area contributed by atoms with E-state index in [1.165, 1.54) is 38.5 Å². The van der Waals surface area contributed by atoms with E-state index in [9.17, 15) is 0 Å². The number of unbranched alkanes of at least 4 members (excludes halogenated alkanes) is 8. The van der Waals surface area contributed by atoms with Crippen LogP contribution in [0.4, 0.5) is 0 Å². The van der Waals surface area contributed by atoms with Crippen LogP contribution >= 0.6 is 0 Å². The Balaban J connectivity index is 3.44. The first kappa shape index (κ1) is 35.7. The Kier molecular flexibility index (Phi) is 32.5. The molecule has 0 aromatic heterocycles. The molecule has 0 radical (unpaired) electrons. The first-order chi connectivity index (χ1) is 18.9. The van der Waals surface area contributed by atoms with Crippen molar-refractivity contribution in [3.63, 3.8) is 0 Å². The highest BCUT2D eigenvalue weighted by Gasteiger charge is 1.83. The minimum atomic E-state index is 1.15. The molecule has 0 saturated heterocycles. The van der Waals surface area contributed by atoms with Crippen LogP contribution in [0, 0.1) is 0 Å². The zero-order chi connectivity index (χ0) is 27.5. The zero-order valence-corrected chi connectivity index (χ0v) is 25.1. The minimum absolute atomic E-state index is 1.15. The van der Waals surface area contributed by atoms with Gasteiger partial charge in [0.1, 0.15) is 0 Å². The molecule has 0 spiro atoms. The molecule has 0 aromatic carbocycles. The van der Waals surface area contributed by atoms with Gasteiger partial charge >= 0.3 is 0 Å². The molecule has 0 rings (SSSR count). The molecule has 0 aromatic rings. The number of allylic oxidation sites excluding steroid dienone is 18. The van der Waals surface area contributed by atoms with Crippen LogP contribution in [0.1, 0.15) is 129 Å². The van der Waals surface area contributed by atoms with Crippen LogP contribution < -0.4 is 0 Å². The van der Waals surface area contributed by atoms with Crippen molar-refractivity contribution in [3.8, 4) is 0 Å². The van der Waals surface area contributed by atoms with Crippen LogP contribution in [0.3, 0.4) is 0 Å². The Morgan fingerprint density at radius 3 is 0.395 bits per heavy atom. The van der Waals surface area contributed by atoms with E-state index in [2.05, 4.69) is 123 Å². The van der Waals surface area contributed by atoms with Crippen molar-refractivity contribution in [2.75, 3.05) is 0 Å². The maximum Gasteiger partial charge on any atom is -0.0316 e. The van der Waals surface area contributed by atoms with Crippen LogP contribution in [0.15, 0.2) is 109 Å². The van der Waals surface area contributed by atoms with Gasteiger partial charge in [0.25, 0.3) is 0 Å².